The summed E-state index contributed by atoms with van der Waals surface area (Å²) in [5.41, 5.74) is 9.24. The molecule has 4 rings (SSSR count). The van der Waals surface area contributed by atoms with Crippen molar-refractivity contribution in [3.8, 4) is 22.8 Å². The molecule has 5 heteroatoms. The molecule has 0 unspecified atom stereocenters. The molecule has 2 heterocycles. The van der Waals surface area contributed by atoms with E-state index in [1.165, 1.54) is 5.56 Å². The SMILES string of the molecule is Cc1cccc(-c2ncc(-c3nccn3[C@@H]3CC[C@@H](N)C3)cn2)c1. The number of aryl methyl sites for hydroxylation is 1. The third-order valence-electron chi connectivity index (χ3n) is 4.69. The van der Waals surface area contributed by atoms with Crippen LogP contribution >= 0.6 is 0 Å². The number of benzene rings is 1. The summed E-state index contributed by atoms with van der Waals surface area (Å²) in [4.78, 5) is 13.6. The first kappa shape index (κ1) is 15.0. The quantitative estimate of drug-likeness (QED) is 0.803. The topological polar surface area (TPSA) is 69.6 Å². The largest absolute Gasteiger partial charge is 0.328 e. The lowest BCUT2D eigenvalue weighted by molar-refractivity contribution is 0.514. The molecular weight excluding hydrogens is 298 g/mol. The molecule has 0 radical (unpaired) electrons. The second kappa shape index (κ2) is 6.17. The van der Waals surface area contributed by atoms with Gasteiger partial charge in [-0.1, -0.05) is 23.8 Å². The molecule has 3 aromatic rings. The van der Waals surface area contributed by atoms with Crippen LogP contribution in [-0.4, -0.2) is 25.6 Å². The van der Waals surface area contributed by atoms with Gasteiger partial charge in [0.1, 0.15) is 5.82 Å². The Bertz CT molecular complexity index is 837. The molecule has 1 fully saturated rings. The molecule has 1 aliphatic rings. The Balaban J connectivity index is 1.63. The molecule has 0 bridgehead atoms. The first-order valence-corrected chi connectivity index (χ1v) is 8.38. The lowest BCUT2D eigenvalue weighted by atomic mass is 10.1. The minimum atomic E-state index is 0.296. The van der Waals surface area contributed by atoms with Gasteiger partial charge in [0.2, 0.25) is 0 Å². The van der Waals surface area contributed by atoms with E-state index in [0.717, 1.165) is 42.0 Å². The van der Waals surface area contributed by atoms with Crippen molar-refractivity contribution < 1.29 is 0 Å². The van der Waals surface area contributed by atoms with E-state index in [4.69, 9.17) is 5.73 Å². The average Bonchev–Trinajstić information content (AvgIpc) is 3.23. The Morgan fingerprint density at radius 1 is 1.08 bits per heavy atom. The van der Waals surface area contributed by atoms with Crippen LogP contribution in [0.4, 0.5) is 0 Å². The van der Waals surface area contributed by atoms with E-state index in [1.807, 2.05) is 36.9 Å². The molecule has 0 amide bonds. The van der Waals surface area contributed by atoms with E-state index in [-0.39, 0.29) is 0 Å². The zero-order valence-corrected chi connectivity index (χ0v) is 13.8. The maximum atomic E-state index is 6.06. The molecule has 5 nitrogen and oxygen atoms in total. The van der Waals surface area contributed by atoms with Crippen molar-refractivity contribution in [3.05, 3.63) is 54.6 Å². The maximum Gasteiger partial charge on any atom is 0.159 e. The Labute approximate surface area is 141 Å². The van der Waals surface area contributed by atoms with Gasteiger partial charge < -0.3 is 10.3 Å². The molecule has 2 N–H and O–H groups in total. The van der Waals surface area contributed by atoms with Crippen LogP contribution in [0, 0.1) is 6.92 Å². The molecule has 0 spiro atoms. The summed E-state index contributed by atoms with van der Waals surface area (Å²) >= 11 is 0. The molecular formula is C19H21N5. The normalized spacial score (nSPS) is 20.4. The maximum absolute atomic E-state index is 6.06. The van der Waals surface area contributed by atoms with Crippen molar-refractivity contribution in [2.75, 3.05) is 0 Å². The van der Waals surface area contributed by atoms with Gasteiger partial charge in [-0.2, -0.15) is 0 Å². The molecule has 1 aliphatic carbocycles. The summed E-state index contributed by atoms with van der Waals surface area (Å²) in [7, 11) is 0. The second-order valence-electron chi connectivity index (χ2n) is 6.55. The van der Waals surface area contributed by atoms with Crippen LogP contribution in [0.2, 0.25) is 0 Å². The fourth-order valence-electron chi connectivity index (χ4n) is 3.45. The number of imidazole rings is 1. The van der Waals surface area contributed by atoms with Gasteiger partial charge in [0, 0.05) is 42.4 Å². The van der Waals surface area contributed by atoms with E-state index in [9.17, 15) is 0 Å². The molecule has 0 aliphatic heterocycles. The molecule has 1 aromatic carbocycles. The van der Waals surface area contributed by atoms with Crippen LogP contribution < -0.4 is 5.73 Å². The van der Waals surface area contributed by atoms with Crippen molar-refractivity contribution in [3.63, 3.8) is 0 Å². The molecule has 2 aromatic heterocycles. The average molecular weight is 319 g/mol. The van der Waals surface area contributed by atoms with Gasteiger partial charge in [0.05, 0.1) is 5.56 Å². The summed E-state index contributed by atoms with van der Waals surface area (Å²) in [6.07, 6.45) is 10.8. The minimum absolute atomic E-state index is 0.296. The third-order valence-corrected chi connectivity index (χ3v) is 4.69. The van der Waals surface area contributed by atoms with Crippen LogP contribution in [0.5, 0.6) is 0 Å². The third kappa shape index (κ3) is 2.83. The lowest BCUT2D eigenvalue weighted by Crippen LogP contribution is -2.16. The Morgan fingerprint density at radius 3 is 2.62 bits per heavy atom. The first-order chi connectivity index (χ1) is 11.7. The highest BCUT2D eigenvalue weighted by molar-refractivity contribution is 5.59. The van der Waals surface area contributed by atoms with Gasteiger partial charge in [0.15, 0.2) is 5.82 Å². The van der Waals surface area contributed by atoms with Crippen LogP contribution in [0.15, 0.2) is 49.1 Å². The van der Waals surface area contributed by atoms with E-state index in [1.54, 1.807) is 0 Å². The van der Waals surface area contributed by atoms with Crippen LogP contribution in [0.25, 0.3) is 22.8 Å². The van der Waals surface area contributed by atoms with E-state index in [2.05, 4.69) is 38.6 Å². The fourth-order valence-corrected chi connectivity index (χ4v) is 3.45. The summed E-state index contributed by atoms with van der Waals surface area (Å²) in [5.74, 6) is 1.66. The first-order valence-electron chi connectivity index (χ1n) is 8.38. The molecule has 0 saturated heterocycles. The van der Waals surface area contributed by atoms with Gasteiger partial charge >= 0.3 is 0 Å². The highest BCUT2D eigenvalue weighted by Gasteiger charge is 2.25. The molecule has 1 saturated carbocycles. The van der Waals surface area contributed by atoms with E-state index in [0.29, 0.717) is 12.1 Å². The molecule has 2 atom stereocenters. The Kier molecular flexibility index (Phi) is 3.86. The van der Waals surface area contributed by atoms with Crippen molar-refractivity contribution in [1.29, 1.82) is 0 Å². The van der Waals surface area contributed by atoms with Gasteiger partial charge in [-0.3, -0.25) is 0 Å². The van der Waals surface area contributed by atoms with Crippen molar-refractivity contribution in [2.45, 2.75) is 38.3 Å². The molecule has 122 valence electrons. The van der Waals surface area contributed by atoms with Crippen LogP contribution in [0.3, 0.4) is 0 Å². The van der Waals surface area contributed by atoms with Gasteiger partial charge in [-0.05, 0) is 32.3 Å². The Hall–Kier alpha value is -2.53. The van der Waals surface area contributed by atoms with Crippen LogP contribution in [0.1, 0.15) is 30.9 Å². The van der Waals surface area contributed by atoms with E-state index < -0.39 is 0 Å². The smallest absolute Gasteiger partial charge is 0.159 e. The zero-order chi connectivity index (χ0) is 16.5. The minimum Gasteiger partial charge on any atom is -0.328 e. The lowest BCUT2D eigenvalue weighted by Gasteiger charge is -2.15. The predicted octanol–water partition coefficient (Wildman–Crippen LogP) is 3.37. The van der Waals surface area contributed by atoms with Crippen LogP contribution in [-0.2, 0) is 0 Å². The summed E-state index contributed by atoms with van der Waals surface area (Å²) < 4.78 is 2.22. The van der Waals surface area contributed by atoms with Gasteiger partial charge in [-0.15, -0.1) is 0 Å². The fraction of sp³-hybridized carbons (Fsp3) is 0.316. The number of hydrogen-bond donors (Lipinski definition) is 1. The van der Waals surface area contributed by atoms with Gasteiger partial charge in [-0.25, -0.2) is 15.0 Å². The molecule has 24 heavy (non-hydrogen) atoms. The van der Waals surface area contributed by atoms with Crippen molar-refractivity contribution in [1.82, 2.24) is 19.5 Å². The number of nitrogens with zero attached hydrogens (tertiary/aromatic N) is 4. The number of aromatic nitrogens is 4. The zero-order valence-electron chi connectivity index (χ0n) is 13.8. The monoisotopic (exact) mass is 319 g/mol. The van der Waals surface area contributed by atoms with E-state index >= 15 is 0 Å². The number of rotatable bonds is 3. The summed E-state index contributed by atoms with van der Waals surface area (Å²) in [6, 6.07) is 8.94. The standard InChI is InChI=1S/C19H21N5/c1-13-3-2-4-14(9-13)18-22-11-15(12-23-18)19-21-7-8-24(19)17-6-5-16(20)10-17/h2-4,7-9,11-12,16-17H,5-6,10,20H2,1H3/t16-,17-/m1/s1. The Morgan fingerprint density at radius 2 is 1.92 bits per heavy atom. The highest BCUT2D eigenvalue weighted by Crippen LogP contribution is 2.32. The second-order valence-corrected chi connectivity index (χ2v) is 6.55. The predicted molar refractivity (Wildman–Crippen MR) is 94.3 cm³/mol. The highest BCUT2D eigenvalue weighted by atomic mass is 15.1. The van der Waals surface area contributed by atoms with Crippen molar-refractivity contribution >= 4 is 0 Å². The summed E-state index contributed by atoms with van der Waals surface area (Å²) in [5, 5.41) is 0. The van der Waals surface area contributed by atoms with Crippen molar-refractivity contribution in [2.24, 2.45) is 5.73 Å². The number of hydrogen-bond acceptors (Lipinski definition) is 4. The summed E-state index contributed by atoms with van der Waals surface area (Å²) in [6.45, 7) is 2.07. The number of nitrogens with two attached hydrogens (primary N) is 1. The van der Waals surface area contributed by atoms with Gasteiger partial charge in [0.25, 0.3) is 0 Å².